The average molecular weight is 240 g/mol. The first-order valence-electron chi connectivity index (χ1n) is 2.46. The van der Waals surface area contributed by atoms with Crippen LogP contribution in [0.15, 0.2) is 22.1 Å². The van der Waals surface area contributed by atoms with Gasteiger partial charge in [-0.25, -0.2) is 0 Å². The van der Waals surface area contributed by atoms with Gasteiger partial charge in [0.1, 0.15) is 0 Å². The van der Waals surface area contributed by atoms with Crippen LogP contribution in [0.4, 0.5) is 0 Å². The Bertz CT molecular complexity index is 72.5. The number of hydrogen-bond donors (Lipinski definition) is 0. The van der Waals surface area contributed by atoms with Crippen LogP contribution in [0.1, 0.15) is 13.8 Å². The molecule has 0 radical (unpaired) electrons. The Morgan fingerprint density at radius 1 is 0.875 bits per heavy atom. The molecule has 0 aromatic carbocycles. The van der Waals surface area contributed by atoms with Gasteiger partial charge in [0.25, 0.3) is 0 Å². The molecule has 0 rings (SSSR count). The van der Waals surface area contributed by atoms with Crippen molar-refractivity contribution in [2.45, 2.75) is 13.8 Å². The summed E-state index contributed by atoms with van der Waals surface area (Å²) in [5, 5.41) is 0. The van der Waals surface area contributed by atoms with Crippen molar-refractivity contribution in [3.8, 4) is 0 Å². The van der Waals surface area contributed by atoms with E-state index in [4.69, 9.17) is 0 Å². The van der Waals surface area contributed by atoms with Crippen LogP contribution in [0.5, 0.6) is 0 Å². The summed E-state index contributed by atoms with van der Waals surface area (Å²) < 4.78 is 0. The summed E-state index contributed by atoms with van der Waals surface area (Å²) in [7, 11) is 0. The SMILES string of the molecule is C/C=C/[Se][Se]/C=C/C. The summed E-state index contributed by atoms with van der Waals surface area (Å²) >= 11 is 1.54. The fourth-order valence-corrected chi connectivity index (χ4v) is 4.73. The second kappa shape index (κ2) is 7.52. The minimum absolute atomic E-state index is 0.772. The summed E-state index contributed by atoms with van der Waals surface area (Å²) in [6.45, 7) is 4.15. The molecule has 0 amide bonds. The van der Waals surface area contributed by atoms with E-state index in [1.165, 1.54) is 0 Å². The van der Waals surface area contributed by atoms with Crippen molar-refractivity contribution in [2.24, 2.45) is 0 Å². The first kappa shape index (κ1) is 8.52. The Labute approximate surface area is 62.3 Å². The second-order valence-corrected chi connectivity index (χ2v) is 7.28. The molecule has 0 saturated carbocycles. The third-order valence-electron chi connectivity index (χ3n) is 0.439. The van der Waals surface area contributed by atoms with Crippen LogP contribution in [0.3, 0.4) is 0 Å². The van der Waals surface area contributed by atoms with Crippen LogP contribution in [0.25, 0.3) is 0 Å². The average Bonchev–Trinajstić information content (AvgIpc) is 1.81. The quantitative estimate of drug-likeness (QED) is 0.516. The van der Waals surface area contributed by atoms with Crippen LogP contribution >= 0.6 is 0 Å². The third-order valence-corrected chi connectivity index (χ3v) is 5.91. The van der Waals surface area contributed by atoms with Gasteiger partial charge in [-0.15, -0.1) is 0 Å². The number of hydrogen-bond acceptors (Lipinski definition) is 0. The fraction of sp³-hybridized carbons (Fsp3) is 0.333. The van der Waals surface area contributed by atoms with Crippen LogP contribution in [0, 0.1) is 0 Å². The normalized spacial score (nSPS) is 11.8. The van der Waals surface area contributed by atoms with Crippen molar-refractivity contribution in [1.29, 1.82) is 0 Å². The standard InChI is InChI=1S/C6H10Se2/c1-3-5-7-8-6-4-2/h3-6H,1-2H3/b5-3+,6-4+. The van der Waals surface area contributed by atoms with Crippen molar-refractivity contribution in [2.75, 3.05) is 0 Å². The number of allylic oxidation sites excluding steroid dienone is 2. The van der Waals surface area contributed by atoms with Crippen molar-refractivity contribution in [3.05, 3.63) is 22.1 Å². The molecule has 0 unspecified atom stereocenters. The first-order chi connectivity index (χ1) is 3.91. The zero-order chi connectivity index (χ0) is 6.24. The molecule has 46 valence electrons. The molecule has 8 heavy (non-hydrogen) atoms. The zero-order valence-electron chi connectivity index (χ0n) is 5.13. The Morgan fingerprint density at radius 3 is 1.50 bits per heavy atom. The molecule has 0 bridgehead atoms. The second-order valence-electron chi connectivity index (χ2n) is 1.13. The predicted molar refractivity (Wildman–Crippen MR) is 41.1 cm³/mol. The molecule has 2 heteroatoms. The Morgan fingerprint density at radius 2 is 1.25 bits per heavy atom. The summed E-state index contributed by atoms with van der Waals surface area (Å²) in [6.07, 6.45) is 4.26. The molecule has 0 saturated heterocycles. The van der Waals surface area contributed by atoms with Gasteiger partial charge < -0.3 is 0 Å². The van der Waals surface area contributed by atoms with E-state index < -0.39 is 0 Å². The zero-order valence-corrected chi connectivity index (χ0v) is 8.55. The van der Waals surface area contributed by atoms with Crippen LogP contribution in [0.2, 0.25) is 0 Å². The first-order valence-corrected chi connectivity index (χ1v) is 8.77. The molecule has 0 N–H and O–H groups in total. The van der Waals surface area contributed by atoms with Crippen molar-refractivity contribution in [3.63, 3.8) is 0 Å². The van der Waals surface area contributed by atoms with E-state index in [1.807, 2.05) is 0 Å². The maximum atomic E-state index is 2.27. The fourth-order valence-electron chi connectivity index (χ4n) is 0.175. The molecule has 0 aliphatic carbocycles. The monoisotopic (exact) mass is 242 g/mol. The van der Waals surface area contributed by atoms with Gasteiger partial charge in [0.15, 0.2) is 0 Å². The van der Waals surface area contributed by atoms with Gasteiger partial charge in [0.2, 0.25) is 0 Å². The van der Waals surface area contributed by atoms with E-state index in [1.54, 1.807) is 0 Å². The summed E-state index contributed by atoms with van der Waals surface area (Å²) in [5.74, 6) is 0. The molecule has 0 heterocycles. The van der Waals surface area contributed by atoms with Gasteiger partial charge in [-0.3, -0.25) is 0 Å². The van der Waals surface area contributed by atoms with Crippen LogP contribution in [-0.2, 0) is 0 Å². The summed E-state index contributed by atoms with van der Waals surface area (Å²) in [5.41, 5.74) is 0. The summed E-state index contributed by atoms with van der Waals surface area (Å²) in [6, 6.07) is 0. The Balaban J connectivity index is 2.93. The van der Waals surface area contributed by atoms with Gasteiger partial charge in [0.05, 0.1) is 0 Å². The predicted octanol–water partition coefficient (Wildman–Crippen LogP) is 1.38. The molecule has 0 nitrogen and oxygen atoms in total. The Kier molecular flexibility index (Phi) is 8.01. The van der Waals surface area contributed by atoms with Gasteiger partial charge in [-0.2, -0.15) is 0 Å². The summed E-state index contributed by atoms with van der Waals surface area (Å²) in [4.78, 5) is 4.54. The van der Waals surface area contributed by atoms with E-state index in [2.05, 4.69) is 35.9 Å². The van der Waals surface area contributed by atoms with E-state index in [0.29, 0.717) is 0 Å². The topological polar surface area (TPSA) is 0 Å². The molecule has 0 aromatic heterocycles. The van der Waals surface area contributed by atoms with Crippen LogP contribution in [-0.4, -0.2) is 26.3 Å². The van der Waals surface area contributed by atoms with E-state index in [-0.39, 0.29) is 0 Å². The van der Waals surface area contributed by atoms with Gasteiger partial charge in [-0.1, -0.05) is 0 Å². The van der Waals surface area contributed by atoms with Gasteiger partial charge in [-0.05, 0) is 0 Å². The van der Waals surface area contributed by atoms with Crippen LogP contribution < -0.4 is 0 Å². The van der Waals surface area contributed by atoms with E-state index >= 15 is 0 Å². The van der Waals surface area contributed by atoms with Gasteiger partial charge >= 0.3 is 62.2 Å². The van der Waals surface area contributed by atoms with Crippen molar-refractivity contribution < 1.29 is 0 Å². The van der Waals surface area contributed by atoms with Crippen molar-refractivity contribution >= 4 is 26.3 Å². The molecule has 0 aromatic rings. The molecule has 0 atom stereocenters. The molecule has 0 aliphatic heterocycles. The molecular weight excluding hydrogens is 230 g/mol. The maximum absolute atomic E-state index is 2.27. The molecule has 0 spiro atoms. The molecule has 0 fully saturated rings. The van der Waals surface area contributed by atoms with E-state index in [9.17, 15) is 0 Å². The molecular formula is C6H10Se2. The van der Waals surface area contributed by atoms with Gasteiger partial charge in [0, 0.05) is 0 Å². The Hall–Kier alpha value is 0.519. The molecule has 0 aliphatic rings. The minimum atomic E-state index is 0.772. The number of rotatable bonds is 3. The van der Waals surface area contributed by atoms with Crippen molar-refractivity contribution in [1.82, 2.24) is 0 Å². The van der Waals surface area contributed by atoms with E-state index in [0.717, 1.165) is 26.3 Å². The third kappa shape index (κ3) is 6.52.